The molecule has 0 unspecified atom stereocenters. The molecule has 0 aliphatic heterocycles. The van der Waals surface area contributed by atoms with Crippen LogP contribution in [0.25, 0.3) is 0 Å². The average molecular weight is 548 g/mol. The van der Waals surface area contributed by atoms with E-state index in [9.17, 15) is 9.59 Å². The van der Waals surface area contributed by atoms with E-state index < -0.39 is 5.91 Å². The van der Waals surface area contributed by atoms with Gasteiger partial charge in [-0.05, 0) is 66.2 Å². The Bertz CT molecular complexity index is 1430. The fourth-order valence-corrected chi connectivity index (χ4v) is 3.78. The van der Waals surface area contributed by atoms with Gasteiger partial charge in [0, 0.05) is 21.3 Å². The lowest BCUT2D eigenvalue weighted by Crippen LogP contribution is -2.20. The molecule has 0 atom stereocenters. The zero-order chi connectivity index (χ0) is 26.7. The Labute approximate surface area is 230 Å². The molecule has 4 rings (SSSR count). The summed E-state index contributed by atoms with van der Waals surface area (Å²) in [6, 6.07) is 28.1. The minimum atomic E-state index is -0.427. The second kappa shape index (κ2) is 13.3. The minimum absolute atomic E-state index is 0.121. The summed E-state index contributed by atoms with van der Waals surface area (Å²) in [5.41, 5.74) is 5.01. The molecule has 0 aliphatic carbocycles. The number of hydrogen-bond acceptors (Lipinski definition) is 5. The highest BCUT2D eigenvalue weighted by Gasteiger charge is 2.12. The minimum Gasteiger partial charge on any atom is -0.488 e. The second-order valence-electron chi connectivity index (χ2n) is 7.99. The third-order valence-corrected chi connectivity index (χ3v) is 5.80. The van der Waals surface area contributed by atoms with Crippen LogP contribution in [0, 0.1) is 0 Å². The van der Waals surface area contributed by atoms with E-state index in [2.05, 4.69) is 15.8 Å². The van der Waals surface area contributed by atoms with Crippen molar-refractivity contribution in [1.29, 1.82) is 0 Å². The normalized spacial score (nSPS) is 10.7. The molecule has 0 heterocycles. The standard InChI is InChI=1S/C29H23Cl2N3O4/c30-22-13-12-21(26(31)16-22)18-38-27-9-5-4-8-25(27)29(36)34-32-17-20-10-14-24(15-11-20)37-19-28(35)33-23-6-2-1-3-7-23/h1-17H,18-19H2,(H,33,35)(H,34,36)/b32-17+. The van der Waals surface area contributed by atoms with Crippen molar-refractivity contribution in [3.8, 4) is 11.5 Å². The van der Waals surface area contributed by atoms with Gasteiger partial charge in [-0.1, -0.05) is 59.6 Å². The van der Waals surface area contributed by atoms with Crippen LogP contribution in [0.15, 0.2) is 102 Å². The van der Waals surface area contributed by atoms with Gasteiger partial charge in [0.05, 0.1) is 11.8 Å². The quantitative estimate of drug-likeness (QED) is 0.179. The van der Waals surface area contributed by atoms with Gasteiger partial charge < -0.3 is 14.8 Å². The number of carbonyl (C=O) groups excluding carboxylic acids is 2. The third kappa shape index (κ3) is 7.83. The zero-order valence-electron chi connectivity index (χ0n) is 20.1. The highest BCUT2D eigenvalue weighted by atomic mass is 35.5. The van der Waals surface area contributed by atoms with E-state index >= 15 is 0 Å². The lowest BCUT2D eigenvalue weighted by Gasteiger charge is -2.11. The van der Waals surface area contributed by atoms with Crippen LogP contribution >= 0.6 is 23.2 Å². The van der Waals surface area contributed by atoms with Crippen LogP contribution in [-0.4, -0.2) is 24.6 Å². The molecular formula is C29H23Cl2N3O4. The molecule has 4 aromatic carbocycles. The van der Waals surface area contributed by atoms with Crippen LogP contribution in [-0.2, 0) is 11.4 Å². The number of nitrogens with zero attached hydrogens (tertiary/aromatic N) is 1. The first-order valence-electron chi connectivity index (χ1n) is 11.5. The van der Waals surface area contributed by atoms with Crippen molar-refractivity contribution < 1.29 is 19.1 Å². The molecule has 7 nitrogen and oxygen atoms in total. The number of benzene rings is 4. The van der Waals surface area contributed by atoms with Crippen molar-refractivity contribution in [2.24, 2.45) is 5.10 Å². The fourth-order valence-electron chi connectivity index (χ4n) is 3.32. The van der Waals surface area contributed by atoms with E-state index in [1.165, 1.54) is 6.21 Å². The SMILES string of the molecule is O=C(COc1ccc(/C=N/NC(=O)c2ccccc2OCc2ccc(Cl)cc2Cl)cc1)Nc1ccccc1. The van der Waals surface area contributed by atoms with Gasteiger partial charge in [-0.3, -0.25) is 9.59 Å². The summed E-state index contributed by atoms with van der Waals surface area (Å²) in [5, 5.41) is 7.80. The number of hydrazone groups is 1. The Morgan fingerprint density at radius 3 is 2.34 bits per heavy atom. The van der Waals surface area contributed by atoms with Crippen LogP contribution < -0.4 is 20.2 Å². The number of halogens is 2. The van der Waals surface area contributed by atoms with Crippen LogP contribution in [0.5, 0.6) is 11.5 Å². The monoisotopic (exact) mass is 547 g/mol. The molecule has 0 bridgehead atoms. The Hall–Kier alpha value is -4.33. The molecule has 0 aliphatic rings. The summed E-state index contributed by atoms with van der Waals surface area (Å²) in [7, 11) is 0. The molecule has 2 N–H and O–H groups in total. The van der Waals surface area contributed by atoms with Crippen molar-refractivity contribution >= 4 is 46.9 Å². The van der Waals surface area contributed by atoms with Crippen molar-refractivity contribution in [1.82, 2.24) is 5.43 Å². The Balaban J connectivity index is 1.28. The van der Waals surface area contributed by atoms with E-state index in [1.807, 2.05) is 18.2 Å². The smallest absolute Gasteiger partial charge is 0.275 e. The van der Waals surface area contributed by atoms with Gasteiger partial charge in [0.1, 0.15) is 18.1 Å². The number of carbonyl (C=O) groups is 2. The number of anilines is 1. The molecule has 0 saturated carbocycles. The number of nitrogens with one attached hydrogen (secondary N) is 2. The topological polar surface area (TPSA) is 89.0 Å². The number of amides is 2. The third-order valence-electron chi connectivity index (χ3n) is 5.22. The predicted octanol–water partition coefficient (Wildman–Crippen LogP) is 6.35. The van der Waals surface area contributed by atoms with Crippen LogP contribution in [0.2, 0.25) is 10.0 Å². The molecule has 2 amide bonds. The molecule has 9 heteroatoms. The van der Waals surface area contributed by atoms with Gasteiger partial charge in [0.25, 0.3) is 11.8 Å². The fraction of sp³-hybridized carbons (Fsp3) is 0.0690. The summed E-state index contributed by atoms with van der Waals surface area (Å²) >= 11 is 12.1. The number of para-hydroxylation sites is 2. The Kier molecular flexibility index (Phi) is 9.34. The molecule has 38 heavy (non-hydrogen) atoms. The van der Waals surface area contributed by atoms with Gasteiger partial charge >= 0.3 is 0 Å². The first kappa shape index (κ1) is 26.7. The molecule has 0 fully saturated rings. The summed E-state index contributed by atoms with van der Waals surface area (Å²) in [6.07, 6.45) is 1.50. The first-order chi connectivity index (χ1) is 18.5. The van der Waals surface area contributed by atoms with Gasteiger partial charge in [-0.25, -0.2) is 5.43 Å². The maximum Gasteiger partial charge on any atom is 0.275 e. The maximum absolute atomic E-state index is 12.7. The second-order valence-corrected chi connectivity index (χ2v) is 8.84. The number of ether oxygens (including phenoxy) is 2. The Morgan fingerprint density at radius 2 is 1.58 bits per heavy atom. The lowest BCUT2D eigenvalue weighted by molar-refractivity contribution is -0.118. The van der Waals surface area contributed by atoms with Crippen LogP contribution in [0.3, 0.4) is 0 Å². The van der Waals surface area contributed by atoms with Crippen LogP contribution in [0.4, 0.5) is 5.69 Å². The highest BCUT2D eigenvalue weighted by molar-refractivity contribution is 6.35. The summed E-state index contributed by atoms with van der Waals surface area (Å²) in [6.45, 7) is 0.0516. The summed E-state index contributed by atoms with van der Waals surface area (Å²) in [5.74, 6) is 0.235. The van der Waals surface area contributed by atoms with Gasteiger partial charge in [0.2, 0.25) is 0 Å². The highest BCUT2D eigenvalue weighted by Crippen LogP contribution is 2.24. The number of hydrogen-bond donors (Lipinski definition) is 2. The van der Waals surface area contributed by atoms with E-state index in [-0.39, 0.29) is 19.1 Å². The van der Waals surface area contributed by atoms with Crippen molar-refractivity contribution in [3.05, 3.63) is 124 Å². The maximum atomic E-state index is 12.7. The van der Waals surface area contributed by atoms with E-state index in [0.717, 1.165) is 11.1 Å². The largest absolute Gasteiger partial charge is 0.488 e. The van der Waals surface area contributed by atoms with Crippen molar-refractivity contribution in [2.45, 2.75) is 6.61 Å². The van der Waals surface area contributed by atoms with E-state index in [1.54, 1.807) is 78.9 Å². The first-order valence-corrected chi connectivity index (χ1v) is 12.3. The number of rotatable bonds is 10. The van der Waals surface area contributed by atoms with Gasteiger partial charge in [-0.2, -0.15) is 5.10 Å². The molecule has 192 valence electrons. The lowest BCUT2D eigenvalue weighted by atomic mass is 10.2. The summed E-state index contributed by atoms with van der Waals surface area (Å²) < 4.78 is 11.4. The average Bonchev–Trinajstić information content (AvgIpc) is 2.93. The predicted molar refractivity (Wildman–Crippen MR) is 149 cm³/mol. The van der Waals surface area contributed by atoms with E-state index in [4.69, 9.17) is 32.7 Å². The van der Waals surface area contributed by atoms with Gasteiger partial charge in [-0.15, -0.1) is 0 Å². The van der Waals surface area contributed by atoms with Crippen LogP contribution in [0.1, 0.15) is 21.5 Å². The zero-order valence-corrected chi connectivity index (χ0v) is 21.6. The molecule has 4 aromatic rings. The Morgan fingerprint density at radius 1 is 0.842 bits per heavy atom. The molecule has 0 spiro atoms. The summed E-state index contributed by atoms with van der Waals surface area (Å²) in [4.78, 5) is 24.7. The molecule has 0 saturated heterocycles. The molecular weight excluding hydrogens is 525 g/mol. The molecule has 0 aromatic heterocycles. The van der Waals surface area contributed by atoms with Crippen molar-refractivity contribution in [3.63, 3.8) is 0 Å². The van der Waals surface area contributed by atoms with Gasteiger partial charge in [0.15, 0.2) is 6.61 Å². The molecule has 0 radical (unpaired) electrons. The van der Waals surface area contributed by atoms with Crippen molar-refractivity contribution in [2.75, 3.05) is 11.9 Å². The van der Waals surface area contributed by atoms with E-state index in [0.29, 0.717) is 32.8 Å².